The van der Waals surface area contributed by atoms with E-state index in [2.05, 4.69) is 20.2 Å². The molecule has 3 rings (SSSR count). The Balaban J connectivity index is 1.75. The molecule has 0 radical (unpaired) electrons. The van der Waals surface area contributed by atoms with Gasteiger partial charge < -0.3 is 15.0 Å². The minimum absolute atomic E-state index is 0.390. The molecule has 2 aliphatic rings. The van der Waals surface area contributed by atoms with Crippen LogP contribution in [-0.2, 0) is 11.3 Å². The smallest absolute Gasteiger partial charge is 0.147 e. The third kappa shape index (κ3) is 2.72. The van der Waals surface area contributed by atoms with Crippen LogP contribution in [0, 0.1) is 0 Å². The highest BCUT2D eigenvalue weighted by Gasteiger charge is 2.34. The van der Waals surface area contributed by atoms with E-state index in [0.29, 0.717) is 12.1 Å². The minimum atomic E-state index is 0.390. The summed E-state index contributed by atoms with van der Waals surface area (Å²) in [6.45, 7) is 2.50. The molecule has 2 atom stereocenters. The Morgan fingerprint density at radius 2 is 2.21 bits per heavy atom. The maximum absolute atomic E-state index is 5.90. The molecule has 0 aromatic carbocycles. The summed E-state index contributed by atoms with van der Waals surface area (Å²) >= 11 is 0. The normalized spacial score (nSPS) is 27.1. The van der Waals surface area contributed by atoms with Crippen molar-refractivity contribution in [2.45, 2.75) is 44.4 Å². The van der Waals surface area contributed by atoms with E-state index in [0.717, 1.165) is 31.2 Å². The molecule has 104 valence electrons. The first-order valence-electron chi connectivity index (χ1n) is 7.22. The molecule has 1 aliphatic heterocycles. The van der Waals surface area contributed by atoms with Gasteiger partial charge in [0.1, 0.15) is 5.82 Å². The predicted octanol–water partition coefficient (Wildman–Crippen LogP) is 1.34. The summed E-state index contributed by atoms with van der Waals surface area (Å²) in [5.41, 5.74) is 0.986. The van der Waals surface area contributed by atoms with Crippen LogP contribution in [0.25, 0.3) is 0 Å². The Bertz CT molecular complexity index is 406. The summed E-state index contributed by atoms with van der Waals surface area (Å²) in [6.07, 6.45) is 9.16. The van der Waals surface area contributed by atoms with Crippen LogP contribution in [0.3, 0.4) is 0 Å². The topological polar surface area (TPSA) is 50.3 Å². The number of nitrogens with zero attached hydrogens (tertiary/aromatic N) is 3. The number of fused-ring (bicyclic) bond motifs is 1. The van der Waals surface area contributed by atoms with Crippen LogP contribution in [0.4, 0.5) is 5.82 Å². The molecule has 0 bridgehead atoms. The second-order valence-corrected chi connectivity index (χ2v) is 5.35. The number of rotatable bonds is 3. The first-order chi connectivity index (χ1) is 9.38. The lowest BCUT2D eigenvalue weighted by atomic mass is 9.90. The van der Waals surface area contributed by atoms with Crippen molar-refractivity contribution in [3.8, 4) is 0 Å². The van der Waals surface area contributed by atoms with E-state index in [-0.39, 0.29) is 0 Å². The second-order valence-electron chi connectivity index (χ2n) is 5.35. The van der Waals surface area contributed by atoms with Crippen LogP contribution in [0.1, 0.15) is 31.4 Å². The molecule has 1 aromatic heterocycles. The van der Waals surface area contributed by atoms with Gasteiger partial charge in [-0.05, 0) is 19.9 Å². The van der Waals surface area contributed by atoms with Gasteiger partial charge in [0.15, 0.2) is 0 Å². The quantitative estimate of drug-likeness (QED) is 0.891. The fraction of sp³-hybridized carbons (Fsp3) is 0.714. The molecule has 1 saturated carbocycles. The maximum Gasteiger partial charge on any atom is 0.147 e. The Hall–Kier alpha value is -1.20. The van der Waals surface area contributed by atoms with Crippen molar-refractivity contribution in [3.05, 3.63) is 18.1 Å². The van der Waals surface area contributed by atoms with E-state index in [9.17, 15) is 0 Å². The molecule has 19 heavy (non-hydrogen) atoms. The number of hydrogen-bond acceptors (Lipinski definition) is 5. The van der Waals surface area contributed by atoms with Gasteiger partial charge in [0, 0.05) is 13.1 Å². The number of aromatic nitrogens is 2. The molecule has 1 saturated heterocycles. The lowest BCUT2D eigenvalue weighted by Crippen LogP contribution is -2.53. The van der Waals surface area contributed by atoms with E-state index < -0.39 is 0 Å². The van der Waals surface area contributed by atoms with Crippen LogP contribution in [0.15, 0.2) is 12.4 Å². The third-order valence-corrected chi connectivity index (χ3v) is 4.08. The highest BCUT2D eigenvalue weighted by Crippen LogP contribution is 2.30. The summed E-state index contributed by atoms with van der Waals surface area (Å²) in [6, 6.07) is 0.493. The van der Waals surface area contributed by atoms with Crippen molar-refractivity contribution in [3.63, 3.8) is 0 Å². The van der Waals surface area contributed by atoms with Crippen LogP contribution in [0.2, 0.25) is 0 Å². The predicted molar refractivity (Wildman–Crippen MR) is 74.1 cm³/mol. The largest absolute Gasteiger partial charge is 0.374 e. The molecule has 1 N–H and O–H groups in total. The summed E-state index contributed by atoms with van der Waals surface area (Å²) in [7, 11) is 1.92. The Morgan fingerprint density at radius 1 is 1.32 bits per heavy atom. The summed E-state index contributed by atoms with van der Waals surface area (Å²) in [5, 5.41) is 3.09. The van der Waals surface area contributed by atoms with Gasteiger partial charge in [-0.3, -0.25) is 4.98 Å². The fourth-order valence-electron chi connectivity index (χ4n) is 3.15. The summed E-state index contributed by atoms with van der Waals surface area (Å²) in [4.78, 5) is 11.4. The monoisotopic (exact) mass is 262 g/mol. The molecule has 0 amide bonds. The number of anilines is 1. The standard InChI is InChI=1S/C14H22N4O/c1-15-8-11-9-17-14(10-16-11)18-6-7-19-13-5-3-2-4-12(13)18/h9-10,12-13,15H,2-8H2,1H3. The van der Waals surface area contributed by atoms with Gasteiger partial charge in [-0.2, -0.15) is 0 Å². The first kappa shape index (κ1) is 12.8. The van der Waals surface area contributed by atoms with Crippen molar-refractivity contribution < 1.29 is 4.74 Å². The molecular formula is C14H22N4O. The van der Waals surface area contributed by atoms with E-state index in [1.54, 1.807) is 0 Å². The van der Waals surface area contributed by atoms with Gasteiger partial charge in [-0.25, -0.2) is 4.98 Å². The maximum atomic E-state index is 5.90. The van der Waals surface area contributed by atoms with Crippen molar-refractivity contribution in [1.29, 1.82) is 0 Å². The van der Waals surface area contributed by atoms with Gasteiger partial charge in [0.2, 0.25) is 0 Å². The van der Waals surface area contributed by atoms with E-state index >= 15 is 0 Å². The van der Waals surface area contributed by atoms with Gasteiger partial charge in [-0.1, -0.05) is 12.8 Å². The lowest BCUT2D eigenvalue weighted by molar-refractivity contribution is -0.00901. The van der Waals surface area contributed by atoms with Gasteiger partial charge >= 0.3 is 0 Å². The molecule has 5 nitrogen and oxygen atoms in total. The molecular weight excluding hydrogens is 240 g/mol. The Morgan fingerprint density at radius 3 is 3.00 bits per heavy atom. The molecule has 2 fully saturated rings. The molecule has 0 spiro atoms. The molecule has 1 aliphatic carbocycles. The van der Waals surface area contributed by atoms with Crippen LogP contribution >= 0.6 is 0 Å². The van der Waals surface area contributed by atoms with E-state index in [4.69, 9.17) is 4.74 Å². The number of hydrogen-bond donors (Lipinski definition) is 1. The number of ether oxygens (including phenoxy) is 1. The van der Waals surface area contributed by atoms with Crippen molar-refractivity contribution in [1.82, 2.24) is 15.3 Å². The average molecular weight is 262 g/mol. The highest BCUT2D eigenvalue weighted by atomic mass is 16.5. The van der Waals surface area contributed by atoms with Crippen LogP contribution < -0.4 is 10.2 Å². The zero-order valence-corrected chi connectivity index (χ0v) is 11.5. The van der Waals surface area contributed by atoms with Gasteiger partial charge in [0.25, 0.3) is 0 Å². The number of morpholine rings is 1. The lowest BCUT2D eigenvalue weighted by Gasteiger charge is -2.44. The summed E-state index contributed by atoms with van der Waals surface area (Å²) < 4.78 is 5.90. The van der Waals surface area contributed by atoms with Crippen molar-refractivity contribution >= 4 is 5.82 Å². The van der Waals surface area contributed by atoms with Crippen LogP contribution in [0.5, 0.6) is 0 Å². The zero-order valence-electron chi connectivity index (χ0n) is 11.5. The number of nitrogens with one attached hydrogen (secondary N) is 1. The van der Waals surface area contributed by atoms with E-state index in [1.165, 1.54) is 25.7 Å². The SMILES string of the molecule is CNCc1cnc(N2CCOC3CCCCC32)cn1. The summed E-state index contributed by atoms with van der Waals surface area (Å²) in [5.74, 6) is 1.00. The first-order valence-corrected chi connectivity index (χ1v) is 7.22. The molecule has 5 heteroatoms. The van der Waals surface area contributed by atoms with Gasteiger partial charge in [-0.15, -0.1) is 0 Å². The second kappa shape index (κ2) is 5.84. The Labute approximate surface area is 114 Å². The third-order valence-electron chi connectivity index (χ3n) is 4.08. The van der Waals surface area contributed by atoms with E-state index in [1.807, 2.05) is 19.4 Å². The zero-order chi connectivity index (χ0) is 13.1. The molecule has 2 unspecified atom stereocenters. The van der Waals surface area contributed by atoms with Crippen LogP contribution in [-0.4, -0.2) is 42.3 Å². The van der Waals surface area contributed by atoms with Gasteiger partial charge in [0.05, 0.1) is 36.8 Å². The Kier molecular flexibility index (Phi) is 3.94. The van der Waals surface area contributed by atoms with Crippen molar-refractivity contribution in [2.24, 2.45) is 0 Å². The average Bonchev–Trinajstić information content (AvgIpc) is 2.48. The molecule has 1 aromatic rings. The fourth-order valence-corrected chi connectivity index (χ4v) is 3.15. The van der Waals surface area contributed by atoms with Crippen molar-refractivity contribution in [2.75, 3.05) is 25.1 Å². The minimum Gasteiger partial charge on any atom is -0.374 e. The molecule has 2 heterocycles. The highest BCUT2D eigenvalue weighted by molar-refractivity contribution is 5.38.